The summed E-state index contributed by atoms with van der Waals surface area (Å²) in [6, 6.07) is -0.528. The summed E-state index contributed by atoms with van der Waals surface area (Å²) < 4.78 is 0. The van der Waals surface area contributed by atoms with Crippen LogP contribution in [0, 0.1) is 5.41 Å². The Labute approximate surface area is 108 Å². The molecule has 1 rings (SSSR count). The van der Waals surface area contributed by atoms with E-state index >= 15 is 0 Å². The third-order valence-corrected chi connectivity index (χ3v) is 2.88. The van der Waals surface area contributed by atoms with Crippen LogP contribution < -0.4 is 11.1 Å². The largest absolute Gasteiger partial charge is 0.480 e. The molecule has 0 bridgehead atoms. The van der Waals surface area contributed by atoms with Crippen molar-refractivity contribution in [1.82, 2.24) is 5.32 Å². The maximum absolute atomic E-state index is 10.2. The second kappa shape index (κ2) is 7.20. The van der Waals surface area contributed by atoms with Gasteiger partial charge in [0, 0.05) is 6.04 Å². The second-order valence-electron chi connectivity index (χ2n) is 5.61. The quantitative estimate of drug-likeness (QED) is 0.603. The van der Waals surface area contributed by atoms with Gasteiger partial charge in [0.2, 0.25) is 0 Å². The summed E-state index contributed by atoms with van der Waals surface area (Å²) in [7, 11) is 0. The highest BCUT2D eigenvalue weighted by molar-refractivity contribution is 5.74. The first-order valence-corrected chi connectivity index (χ1v) is 6.12. The molecule has 0 saturated heterocycles. The number of hydrogen-bond donors (Lipinski definition) is 4. The van der Waals surface area contributed by atoms with Gasteiger partial charge >= 0.3 is 12.1 Å². The molecule has 18 heavy (non-hydrogen) atoms. The molecule has 1 amide bonds. The minimum absolute atomic E-state index is 0.238. The van der Waals surface area contributed by atoms with E-state index in [1.165, 1.54) is 12.8 Å². The van der Waals surface area contributed by atoms with E-state index < -0.39 is 18.1 Å². The summed E-state index contributed by atoms with van der Waals surface area (Å²) in [6.07, 6.45) is 3.50. The molecule has 1 atom stereocenters. The number of carboxylic acid groups (broad SMARTS) is 2. The Hall–Kier alpha value is -1.30. The number of rotatable bonds is 2. The molecule has 0 aromatic carbocycles. The summed E-state index contributed by atoms with van der Waals surface area (Å²) in [5.41, 5.74) is 4.95. The van der Waals surface area contributed by atoms with Crippen molar-refractivity contribution in [1.29, 1.82) is 0 Å². The Kier molecular flexibility index (Phi) is 6.68. The van der Waals surface area contributed by atoms with E-state index in [1.54, 1.807) is 20.8 Å². The van der Waals surface area contributed by atoms with E-state index in [9.17, 15) is 9.59 Å². The predicted molar refractivity (Wildman–Crippen MR) is 68.5 cm³/mol. The van der Waals surface area contributed by atoms with Crippen molar-refractivity contribution in [2.75, 3.05) is 0 Å². The fraction of sp³-hybridized carbons (Fsp3) is 0.833. The third-order valence-electron chi connectivity index (χ3n) is 2.88. The second-order valence-corrected chi connectivity index (χ2v) is 5.61. The average Bonchev–Trinajstić information content (AvgIpc) is 2.67. The van der Waals surface area contributed by atoms with Crippen LogP contribution in [0.1, 0.15) is 46.5 Å². The topological polar surface area (TPSA) is 113 Å². The molecule has 0 radical (unpaired) electrons. The first kappa shape index (κ1) is 16.7. The van der Waals surface area contributed by atoms with Gasteiger partial charge in [-0.05, 0) is 18.3 Å². The van der Waals surface area contributed by atoms with Crippen molar-refractivity contribution in [3.05, 3.63) is 0 Å². The van der Waals surface area contributed by atoms with Crippen LogP contribution in [0.15, 0.2) is 0 Å². The monoisotopic (exact) mass is 260 g/mol. The summed E-state index contributed by atoms with van der Waals surface area (Å²) in [4.78, 5) is 20.3. The molecule has 0 heterocycles. The third kappa shape index (κ3) is 7.11. The first-order chi connectivity index (χ1) is 8.14. The molecule has 6 heteroatoms. The number of nitrogens with one attached hydrogen (secondary N) is 1. The Bertz CT molecular complexity index is 280. The zero-order valence-electron chi connectivity index (χ0n) is 11.3. The maximum atomic E-state index is 10.2. The van der Waals surface area contributed by atoms with Crippen LogP contribution in [0.2, 0.25) is 0 Å². The molecule has 6 nitrogen and oxygen atoms in total. The van der Waals surface area contributed by atoms with Gasteiger partial charge in [-0.3, -0.25) is 4.79 Å². The van der Waals surface area contributed by atoms with Gasteiger partial charge in [0.05, 0.1) is 0 Å². The molecule has 0 aromatic heterocycles. The molecule has 0 aliphatic heterocycles. The van der Waals surface area contributed by atoms with Crippen molar-refractivity contribution in [3.8, 4) is 0 Å². The highest BCUT2D eigenvalue weighted by Crippen LogP contribution is 2.17. The van der Waals surface area contributed by atoms with Gasteiger partial charge in [0.1, 0.15) is 6.04 Å². The molecule has 1 aliphatic carbocycles. The molecule has 0 unspecified atom stereocenters. The van der Waals surface area contributed by atoms with Gasteiger partial charge in [-0.15, -0.1) is 0 Å². The van der Waals surface area contributed by atoms with Crippen LogP contribution in [0.25, 0.3) is 0 Å². The van der Waals surface area contributed by atoms with E-state index in [1.807, 2.05) is 0 Å². The van der Waals surface area contributed by atoms with Gasteiger partial charge in [0.15, 0.2) is 0 Å². The number of carbonyl (C=O) groups is 2. The lowest BCUT2D eigenvalue weighted by atomic mass is 9.88. The Morgan fingerprint density at radius 3 is 1.89 bits per heavy atom. The summed E-state index contributed by atoms with van der Waals surface area (Å²) >= 11 is 0. The SMILES string of the molecule is CC(C)(C)[C@H](N)C(=O)O.O=C(O)NC1CCCC1. The zero-order chi connectivity index (χ0) is 14.3. The Balaban J connectivity index is 0.000000321. The highest BCUT2D eigenvalue weighted by atomic mass is 16.4. The van der Waals surface area contributed by atoms with Crippen molar-refractivity contribution >= 4 is 12.1 Å². The number of aliphatic carboxylic acids is 1. The van der Waals surface area contributed by atoms with Crippen LogP contribution in [0.3, 0.4) is 0 Å². The summed E-state index contributed by atoms with van der Waals surface area (Å²) in [5.74, 6) is -0.942. The molecule has 5 N–H and O–H groups in total. The number of carboxylic acids is 1. The Morgan fingerprint density at radius 2 is 1.67 bits per heavy atom. The molecule has 0 spiro atoms. The van der Waals surface area contributed by atoms with Gasteiger partial charge < -0.3 is 21.3 Å². The van der Waals surface area contributed by atoms with Crippen LogP contribution in [0.4, 0.5) is 4.79 Å². The van der Waals surface area contributed by atoms with E-state index in [0.29, 0.717) is 0 Å². The smallest absolute Gasteiger partial charge is 0.404 e. The van der Waals surface area contributed by atoms with Gasteiger partial charge in [-0.25, -0.2) is 4.79 Å². The number of amides is 1. The van der Waals surface area contributed by atoms with Crippen molar-refractivity contribution in [2.45, 2.75) is 58.5 Å². The van der Waals surface area contributed by atoms with Crippen LogP contribution in [-0.4, -0.2) is 34.4 Å². The Morgan fingerprint density at radius 1 is 1.22 bits per heavy atom. The van der Waals surface area contributed by atoms with Gasteiger partial charge in [0.25, 0.3) is 0 Å². The molecule has 1 saturated carbocycles. The number of nitrogens with two attached hydrogens (primary N) is 1. The molecule has 1 fully saturated rings. The fourth-order valence-electron chi connectivity index (χ4n) is 1.62. The first-order valence-electron chi connectivity index (χ1n) is 6.12. The van der Waals surface area contributed by atoms with E-state index in [0.717, 1.165) is 12.8 Å². The fourth-order valence-corrected chi connectivity index (χ4v) is 1.62. The minimum atomic E-state index is -0.942. The molecule has 106 valence electrons. The lowest BCUT2D eigenvalue weighted by Gasteiger charge is -2.22. The van der Waals surface area contributed by atoms with Crippen molar-refractivity contribution in [2.24, 2.45) is 11.1 Å². The van der Waals surface area contributed by atoms with Crippen molar-refractivity contribution < 1.29 is 19.8 Å². The lowest BCUT2D eigenvalue weighted by Crippen LogP contribution is -2.41. The molecular weight excluding hydrogens is 236 g/mol. The van der Waals surface area contributed by atoms with E-state index in [4.69, 9.17) is 15.9 Å². The van der Waals surface area contributed by atoms with Crippen LogP contribution in [-0.2, 0) is 4.79 Å². The summed E-state index contributed by atoms with van der Waals surface area (Å²) in [5, 5.41) is 19.1. The maximum Gasteiger partial charge on any atom is 0.404 e. The average molecular weight is 260 g/mol. The van der Waals surface area contributed by atoms with E-state index in [2.05, 4.69) is 5.32 Å². The van der Waals surface area contributed by atoms with Crippen LogP contribution >= 0.6 is 0 Å². The summed E-state index contributed by atoms with van der Waals surface area (Å²) in [6.45, 7) is 5.39. The highest BCUT2D eigenvalue weighted by Gasteiger charge is 2.26. The van der Waals surface area contributed by atoms with E-state index in [-0.39, 0.29) is 11.5 Å². The predicted octanol–water partition coefficient (Wildman–Crippen LogP) is 1.64. The van der Waals surface area contributed by atoms with Gasteiger partial charge in [-0.2, -0.15) is 0 Å². The van der Waals surface area contributed by atoms with Crippen molar-refractivity contribution in [3.63, 3.8) is 0 Å². The molecule has 0 aromatic rings. The lowest BCUT2D eigenvalue weighted by molar-refractivity contribution is -0.141. The minimum Gasteiger partial charge on any atom is -0.480 e. The molecule has 1 aliphatic rings. The molecular formula is C12H24N2O4. The normalized spacial score (nSPS) is 17.6. The zero-order valence-corrected chi connectivity index (χ0v) is 11.3. The van der Waals surface area contributed by atoms with Gasteiger partial charge in [-0.1, -0.05) is 33.6 Å². The number of hydrogen-bond acceptors (Lipinski definition) is 3. The standard InChI is InChI=1S/C6H11NO2.C6H13NO2/c8-6(9)7-5-3-1-2-4-5;1-6(2,3)4(7)5(8)9/h5,7H,1-4H2,(H,8,9);4H,7H2,1-3H3,(H,8,9)/t;4-/m.1/s1. The van der Waals surface area contributed by atoms with Crippen LogP contribution in [0.5, 0.6) is 0 Å².